The van der Waals surface area contributed by atoms with E-state index in [1.807, 2.05) is 14.1 Å². The van der Waals surface area contributed by atoms with Gasteiger partial charge in [0.25, 0.3) is 0 Å². The molecule has 0 bridgehead atoms. The Morgan fingerprint density at radius 2 is 2.06 bits per heavy atom. The van der Waals surface area contributed by atoms with Gasteiger partial charge in [-0.05, 0) is 43.1 Å². The molecule has 0 saturated carbocycles. The van der Waals surface area contributed by atoms with Crippen LogP contribution in [-0.4, -0.2) is 42.6 Å². The van der Waals surface area contributed by atoms with E-state index < -0.39 is 0 Å². The molecule has 1 N–H and O–H groups in total. The van der Waals surface area contributed by atoms with Gasteiger partial charge in [-0.1, -0.05) is 6.92 Å². The van der Waals surface area contributed by atoms with Gasteiger partial charge in [-0.3, -0.25) is 0 Å². The molecule has 1 rings (SSSR count). The van der Waals surface area contributed by atoms with E-state index in [1.54, 1.807) is 7.11 Å². The van der Waals surface area contributed by atoms with Crippen molar-refractivity contribution in [1.82, 2.24) is 14.9 Å². The maximum Gasteiger partial charge on any atom is 0.145 e. The largest absolute Gasteiger partial charge is 0.378 e. The van der Waals surface area contributed by atoms with E-state index in [0.29, 0.717) is 6.61 Å². The number of rotatable bonds is 7. The van der Waals surface area contributed by atoms with Gasteiger partial charge in [-0.2, -0.15) is 0 Å². The van der Waals surface area contributed by atoms with Crippen LogP contribution in [0.15, 0.2) is 0 Å². The van der Waals surface area contributed by atoms with Crippen molar-refractivity contribution in [3.05, 3.63) is 15.1 Å². The lowest BCUT2D eigenvalue weighted by Gasteiger charge is -2.14. The highest BCUT2D eigenvalue weighted by Crippen LogP contribution is 2.20. The van der Waals surface area contributed by atoms with Gasteiger partial charge in [0, 0.05) is 13.7 Å². The van der Waals surface area contributed by atoms with Gasteiger partial charge in [-0.15, -0.1) is 0 Å². The molecule has 5 nitrogen and oxygen atoms in total. The maximum absolute atomic E-state index is 5.19. The Labute approximate surface area is 122 Å². The first-order valence-electron chi connectivity index (χ1n) is 6.01. The summed E-state index contributed by atoms with van der Waals surface area (Å²) in [6, 6.07) is 0. The monoisotopic (exact) mass is 364 g/mol. The number of methoxy groups -OCH3 is 1. The lowest BCUT2D eigenvalue weighted by atomic mass is 10.3. The molecule has 6 heteroatoms. The minimum Gasteiger partial charge on any atom is -0.378 e. The van der Waals surface area contributed by atoms with Gasteiger partial charge in [0.2, 0.25) is 0 Å². The summed E-state index contributed by atoms with van der Waals surface area (Å²) >= 11 is 2.27. The second-order valence-corrected chi connectivity index (χ2v) is 5.43. The Morgan fingerprint density at radius 1 is 1.33 bits per heavy atom. The third kappa shape index (κ3) is 4.66. The van der Waals surface area contributed by atoms with Crippen LogP contribution >= 0.6 is 22.6 Å². The van der Waals surface area contributed by atoms with Gasteiger partial charge in [0.1, 0.15) is 11.6 Å². The molecule has 0 amide bonds. The summed E-state index contributed by atoms with van der Waals surface area (Å²) in [5.74, 6) is 1.74. The first kappa shape index (κ1) is 15.6. The highest BCUT2D eigenvalue weighted by molar-refractivity contribution is 14.1. The van der Waals surface area contributed by atoms with E-state index in [9.17, 15) is 0 Å². The predicted molar refractivity (Wildman–Crippen MR) is 81.6 cm³/mol. The summed E-state index contributed by atoms with van der Waals surface area (Å²) < 4.78 is 6.24. The Kier molecular flexibility index (Phi) is 6.80. The fourth-order valence-corrected chi connectivity index (χ4v) is 2.08. The van der Waals surface area contributed by atoms with Crippen LogP contribution in [0.2, 0.25) is 0 Å². The van der Waals surface area contributed by atoms with E-state index in [1.165, 1.54) is 0 Å². The second-order valence-electron chi connectivity index (χ2n) is 4.35. The summed E-state index contributed by atoms with van der Waals surface area (Å²) in [5, 5.41) is 3.34. The lowest BCUT2D eigenvalue weighted by Crippen LogP contribution is -2.17. The van der Waals surface area contributed by atoms with E-state index in [0.717, 1.165) is 40.4 Å². The molecule has 1 aromatic heterocycles. The van der Waals surface area contributed by atoms with Crippen molar-refractivity contribution in [2.45, 2.75) is 26.5 Å². The zero-order valence-corrected chi connectivity index (χ0v) is 13.6. The van der Waals surface area contributed by atoms with Crippen LogP contribution < -0.4 is 5.32 Å². The Balaban J connectivity index is 3.01. The SMILES string of the molecule is CCCNc1nc(CN(C)C)nc(COC)c1I. The molecule has 0 spiro atoms. The van der Waals surface area contributed by atoms with E-state index >= 15 is 0 Å². The number of ether oxygens (including phenoxy) is 1. The first-order valence-corrected chi connectivity index (χ1v) is 7.09. The van der Waals surface area contributed by atoms with Gasteiger partial charge >= 0.3 is 0 Å². The second kappa shape index (κ2) is 7.85. The molecule has 102 valence electrons. The fourth-order valence-electron chi connectivity index (χ4n) is 1.49. The average Bonchev–Trinajstić information content (AvgIpc) is 2.31. The number of halogens is 1. The van der Waals surface area contributed by atoms with Crippen molar-refractivity contribution in [3.63, 3.8) is 0 Å². The topological polar surface area (TPSA) is 50.3 Å². The Hall–Kier alpha value is -0.470. The fraction of sp³-hybridized carbons (Fsp3) is 0.667. The first-order chi connectivity index (χ1) is 8.58. The number of hydrogen-bond donors (Lipinski definition) is 1. The van der Waals surface area contributed by atoms with Gasteiger partial charge in [0.05, 0.1) is 22.4 Å². The summed E-state index contributed by atoms with van der Waals surface area (Å²) in [6.45, 7) is 4.30. The molecular formula is C12H21IN4O. The molecule has 1 aromatic rings. The molecule has 0 saturated heterocycles. The van der Waals surface area contributed by atoms with Crippen LogP contribution in [0.25, 0.3) is 0 Å². The molecule has 1 heterocycles. The Bertz CT molecular complexity index is 385. The van der Waals surface area contributed by atoms with Gasteiger partial charge in [-0.25, -0.2) is 9.97 Å². The van der Waals surface area contributed by atoms with Crippen LogP contribution in [0, 0.1) is 3.57 Å². The molecule has 0 aromatic carbocycles. The highest BCUT2D eigenvalue weighted by Gasteiger charge is 2.12. The zero-order chi connectivity index (χ0) is 13.5. The number of hydrogen-bond acceptors (Lipinski definition) is 5. The molecular weight excluding hydrogens is 343 g/mol. The minimum absolute atomic E-state index is 0.516. The Morgan fingerprint density at radius 3 is 2.61 bits per heavy atom. The number of aromatic nitrogens is 2. The van der Waals surface area contributed by atoms with Crippen LogP contribution in [-0.2, 0) is 17.9 Å². The summed E-state index contributed by atoms with van der Waals surface area (Å²) in [5.41, 5.74) is 0.948. The van der Waals surface area contributed by atoms with Gasteiger partial charge < -0.3 is 15.0 Å². The summed E-state index contributed by atoms with van der Waals surface area (Å²) in [7, 11) is 5.70. The average molecular weight is 364 g/mol. The maximum atomic E-state index is 5.19. The van der Waals surface area contributed by atoms with Crippen LogP contribution in [0.4, 0.5) is 5.82 Å². The molecule has 18 heavy (non-hydrogen) atoms. The summed E-state index contributed by atoms with van der Waals surface area (Å²) in [4.78, 5) is 11.2. The van der Waals surface area contributed by atoms with Crippen molar-refractivity contribution in [2.75, 3.05) is 33.1 Å². The third-order valence-corrected chi connectivity index (χ3v) is 3.38. The molecule has 0 radical (unpaired) electrons. The normalized spacial score (nSPS) is 11.0. The van der Waals surface area contributed by atoms with E-state index in [-0.39, 0.29) is 0 Å². The van der Waals surface area contributed by atoms with E-state index in [2.05, 4.69) is 49.7 Å². The highest BCUT2D eigenvalue weighted by atomic mass is 127. The van der Waals surface area contributed by atoms with Crippen molar-refractivity contribution < 1.29 is 4.74 Å². The minimum atomic E-state index is 0.516. The predicted octanol–water partition coefficient (Wildman–Crippen LogP) is 2.11. The number of anilines is 1. The van der Waals surface area contributed by atoms with Crippen LogP contribution in [0.5, 0.6) is 0 Å². The van der Waals surface area contributed by atoms with Crippen LogP contribution in [0.1, 0.15) is 24.9 Å². The standard InChI is InChI=1S/C12H21IN4O/c1-5-6-14-12-11(13)9(8-18-4)15-10(16-12)7-17(2)3/h5-8H2,1-4H3,(H,14,15,16). The summed E-state index contributed by atoms with van der Waals surface area (Å²) in [6.07, 6.45) is 1.07. The molecule has 0 fully saturated rings. The quantitative estimate of drug-likeness (QED) is 0.752. The van der Waals surface area contributed by atoms with Crippen LogP contribution in [0.3, 0.4) is 0 Å². The van der Waals surface area contributed by atoms with Crippen molar-refractivity contribution in [3.8, 4) is 0 Å². The molecule has 0 atom stereocenters. The van der Waals surface area contributed by atoms with Crippen molar-refractivity contribution in [2.24, 2.45) is 0 Å². The lowest BCUT2D eigenvalue weighted by molar-refractivity contribution is 0.180. The van der Waals surface area contributed by atoms with E-state index in [4.69, 9.17) is 4.74 Å². The molecule has 0 aliphatic heterocycles. The number of nitrogens with zero attached hydrogens (tertiary/aromatic N) is 3. The zero-order valence-electron chi connectivity index (χ0n) is 11.5. The van der Waals surface area contributed by atoms with Gasteiger partial charge in [0.15, 0.2) is 0 Å². The van der Waals surface area contributed by atoms with Crippen molar-refractivity contribution >= 4 is 28.4 Å². The smallest absolute Gasteiger partial charge is 0.145 e. The molecule has 0 aliphatic rings. The molecule has 0 aliphatic carbocycles. The van der Waals surface area contributed by atoms with Crippen molar-refractivity contribution in [1.29, 1.82) is 0 Å². The molecule has 0 unspecified atom stereocenters. The number of nitrogens with one attached hydrogen (secondary N) is 1. The third-order valence-electron chi connectivity index (χ3n) is 2.25.